The molecule has 1 aliphatic carbocycles. The van der Waals surface area contributed by atoms with E-state index < -0.39 is 11.9 Å². The first-order valence-corrected chi connectivity index (χ1v) is 10.2. The smallest absolute Gasteiger partial charge is 0.336 e. The zero-order valence-electron chi connectivity index (χ0n) is 17.6. The third kappa shape index (κ3) is 4.16. The number of allylic oxidation sites excluding steroid dienone is 3. The molecule has 156 valence electrons. The number of nitrogens with one attached hydrogen (secondary N) is 1. The lowest BCUT2D eigenvalue weighted by atomic mass is 9.75. The molecule has 29 heavy (non-hydrogen) atoms. The molecule has 0 amide bonds. The van der Waals surface area contributed by atoms with Gasteiger partial charge in [0.2, 0.25) is 0 Å². The highest BCUT2D eigenvalue weighted by Crippen LogP contribution is 2.44. The van der Waals surface area contributed by atoms with Crippen LogP contribution in [0.15, 0.2) is 40.7 Å². The Balaban J connectivity index is 2.12. The minimum Gasteiger partial charge on any atom is -0.493 e. The third-order valence-corrected chi connectivity index (χ3v) is 5.25. The van der Waals surface area contributed by atoms with Gasteiger partial charge in [0.05, 0.1) is 25.9 Å². The lowest BCUT2D eigenvalue weighted by Gasteiger charge is -2.34. The van der Waals surface area contributed by atoms with Crippen LogP contribution >= 0.6 is 0 Å². The van der Waals surface area contributed by atoms with Crippen LogP contribution in [0.2, 0.25) is 0 Å². The molecule has 1 heterocycles. The second-order valence-electron chi connectivity index (χ2n) is 7.24. The van der Waals surface area contributed by atoms with E-state index in [9.17, 15) is 9.59 Å². The Morgan fingerprint density at radius 3 is 2.69 bits per heavy atom. The van der Waals surface area contributed by atoms with Crippen molar-refractivity contribution < 1.29 is 23.8 Å². The molecule has 0 radical (unpaired) electrons. The van der Waals surface area contributed by atoms with Crippen molar-refractivity contribution in [2.75, 3.05) is 20.3 Å². The van der Waals surface area contributed by atoms with Crippen LogP contribution in [0.3, 0.4) is 0 Å². The highest BCUT2D eigenvalue weighted by atomic mass is 16.5. The fourth-order valence-corrected chi connectivity index (χ4v) is 3.99. The Bertz CT molecular complexity index is 868. The summed E-state index contributed by atoms with van der Waals surface area (Å²) in [6.45, 7) is 6.54. The molecule has 1 aromatic carbocycles. The summed E-state index contributed by atoms with van der Waals surface area (Å²) in [4.78, 5) is 25.7. The maximum absolute atomic E-state index is 12.9. The van der Waals surface area contributed by atoms with E-state index in [1.807, 2.05) is 32.0 Å². The number of hydrogen-bond donors (Lipinski definition) is 1. The number of carbonyl (C=O) groups is 2. The minimum atomic E-state index is -0.479. The molecule has 0 fully saturated rings. The van der Waals surface area contributed by atoms with Crippen LogP contribution in [0.25, 0.3) is 0 Å². The molecule has 1 N–H and O–H groups in total. The first kappa shape index (κ1) is 21.0. The van der Waals surface area contributed by atoms with Crippen molar-refractivity contribution in [3.63, 3.8) is 0 Å². The number of carbonyl (C=O) groups excluding carboxylic acids is 2. The maximum Gasteiger partial charge on any atom is 0.336 e. The molecule has 0 bridgehead atoms. The van der Waals surface area contributed by atoms with Gasteiger partial charge in [-0.2, -0.15) is 0 Å². The number of esters is 1. The van der Waals surface area contributed by atoms with Crippen molar-refractivity contribution in [3.8, 4) is 11.5 Å². The van der Waals surface area contributed by atoms with Gasteiger partial charge >= 0.3 is 5.97 Å². The Labute approximate surface area is 171 Å². The molecule has 3 rings (SSSR count). The molecule has 0 unspecified atom stereocenters. The van der Waals surface area contributed by atoms with Crippen molar-refractivity contribution >= 4 is 11.8 Å². The first-order valence-electron chi connectivity index (χ1n) is 10.2. The van der Waals surface area contributed by atoms with Crippen LogP contribution in [-0.4, -0.2) is 32.1 Å². The number of benzene rings is 1. The Morgan fingerprint density at radius 1 is 1.21 bits per heavy atom. The number of rotatable bonds is 7. The van der Waals surface area contributed by atoms with Crippen LogP contribution in [0.5, 0.6) is 11.5 Å². The largest absolute Gasteiger partial charge is 0.493 e. The molecular formula is C23H29NO5. The molecule has 0 spiro atoms. The average molecular weight is 399 g/mol. The fraction of sp³-hybridized carbons (Fsp3) is 0.478. The summed E-state index contributed by atoms with van der Waals surface area (Å²) in [5.41, 5.74) is 3.59. The average Bonchev–Trinajstić information content (AvgIpc) is 2.71. The highest BCUT2D eigenvalue weighted by molar-refractivity contribution is 6.03. The van der Waals surface area contributed by atoms with E-state index in [1.54, 1.807) is 14.0 Å². The van der Waals surface area contributed by atoms with E-state index >= 15 is 0 Å². The van der Waals surface area contributed by atoms with Crippen LogP contribution < -0.4 is 14.8 Å². The Kier molecular flexibility index (Phi) is 6.62. The van der Waals surface area contributed by atoms with Crippen molar-refractivity contribution in [1.29, 1.82) is 0 Å². The van der Waals surface area contributed by atoms with E-state index in [0.717, 1.165) is 36.2 Å². The van der Waals surface area contributed by atoms with Gasteiger partial charge < -0.3 is 19.5 Å². The summed E-state index contributed by atoms with van der Waals surface area (Å²) in [5, 5.41) is 3.29. The molecule has 0 saturated carbocycles. The van der Waals surface area contributed by atoms with Crippen molar-refractivity contribution in [2.45, 2.75) is 52.4 Å². The molecule has 6 nitrogen and oxygen atoms in total. The van der Waals surface area contributed by atoms with E-state index in [-0.39, 0.29) is 12.4 Å². The van der Waals surface area contributed by atoms with Gasteiger partial charge in [-0.05, 0) is 50.8 Å². The highest BCUT2D eigenvalue weighted by Gasteiger charge is 2.39. The maximum atomic E-state index is 12.9. The zero-order valence-corrected chi connectivity index (χ0v) is 17.6. The fourth-order valence-electron chi connectivity index (χ4n) is 3.99. The number of dihydropyridines is 1. The van der Waals surface area contributed by atoms with Crippen LogP contribution in [-0.2, 0) is 14.3 Å². The van der Waals surface area contributed by atoms with Gasteiger partial charge in [0.15, 0.2) is 17.3 Å². The van der Waals surface area contributed by atoms with Gasteiger partial charge in [-0.15, -0.1) is 0 Å². The van der Waals surface area contributed by atoms with Crippen LogP contribution in [0.1, 0.15) is 57.9 Å². The molecule has 0 aromatic heterocycles. The topological polar surface area (TPSA) is 73.9 Å². The van der Waals surface area contributed by atoms with E-state index in [2.05, 4.69) is 5.32 Å². The molecule has 0 saturated heterocycles. The molecule has 1 aliphatic heterocycles. The molecule has 2 aliphatic rings. The van der Waals surface area contributed by atoms with E-state index in [4.69, 9.17) is 14.2 Å². The lowest BCUT2D eigenvalue weighted by molar-refractivity contribution is -0.138. The molecule has 6 heteroatoms. The van der Waals surface area contributed by atoms with E-state index in [1.165, 1.54) is 0 Å². The molecule has 1 aromatic rings. The summed E-state index contributed by atoms with van der Waals surface area (Å²) in [7, 11) is 1.59. The molecular weight excluding hydrogens is 370 g/mol. The van der Waals surface area contributed by atoms with Gasteiger partial charge in [-0.1, -0.05) is 13.0 Å². The quantitative estimate of drug-likeness (QED) is 0.698. The minimum absolute atomic E-state index is 0.0725. The third-order valence-electron chi connectivity index (χ3n) is 5.25. The second kappa shape index (κ2) is 9.16. The first-order chi connectivity index (χ1) is 14.0. The predicted octanol–water partition coefficient (Wildman–Crippen LogP) is 4.02. The van der Waals surface area contributed by atoms with Crippen molar-refractivity contribution in [3.05, 3.63) is 46.3 Å². The number of Topliss-reactive ketones (excluding diaryl/α,β-unsaturated/α-hetero) is 1. The predicted molar refractivity (Wildman–Crippen MR) is 110 cm³/mol. The molecule has 1 atom stereocenters. The van der Waals surface area contributed by atoms with Crippen molar-refractivity contribution in [1.82, 2.24) is 5.32 Å². The normalized spacial score (nSPS) is 18.9. The summed E-state index contributed by atoms with van der Waals surface area (Å²) in [6, 6.07) is 5.61. The summed E-state index contributed by atoms with van der Waals surface area (Å²) in [6.07, 6.45) is 2.98. The Morgan fingerprint density at radius 2 is 2.00 bits per heavy atom. The number of hydrogen-bond acceptors (Lipinski definition) is 6. The second-order valence-corrected chi connectivity index (χ2v) is 7.24. The van der Waals surface area contributed by atoms with Crippen LogP contribution in [0.4, 0.5) is 0 Å². The number of methoxy groups -OCH3 is 1. The van der Waals surface area contributed by atoms with Crippen molar-refractivity contribution in [2.24, 2.45) is 0 Å². The summed E-state index contributed by atoms with van der Waals surface area (Å²) in [5.74, 6) is 0.420. The number of ketones is 1. The zero-order chi connectivity index (χ0) is 21.0. The van der Waals surface area contributed by atoms with Gasteiger partial charge in [-0.3, -0.25) is 4.79 Å². The van der Waals surface area contributed by atoms with Gasteiger partial charge in [-0.25, -0.2) is 4.79 Å². The van der Waals surface area contributed by atoms with Crippen LogP contribution in [0, 0.1) is 0 Å². The lowest BCUT2D eigenvalue weighted by Crippen LogP contribution is -2.34. The van der Waals surface area contributed by atoms with Gasteiger partial charge in [0.25, 0.3) is 0 Å². The van der Waals surface area contributed by atoms with Gasteiger partial charge in [0, 0.05) is 29.3 Å². The van der Waals surface area contributed by atoms with E-state index in [0.29, 0.717) is 35.7 Å². The Hall–Kier alpha value is -2.76. The van der Waals surface area contributed by atoms with Gasteiger partial charge in [0.1, 0.15) is 0 Å². The SMILES string of the molecule is CCCOc1ccc([C@@H]2C(C(=O)OCC)=C(C)NC3=C2C(=O)CCC3)cc1OC. The monoisotopic (exact) mass is 399 g/mol. The number of ether oxygens (including phenoxy) is 3. The summed E-state index contributed by atoms with van der Waals surface area (Å²) < 4.78 is 16.6. The summed E-state index contributed by atoms with van der Waals surface area (Å²) >= 11 is 0. The standard InChI is InChI=1S/C23H29NO5/c1-5-12-29-18-11-10-15(13-19(18)27-4)21-20(23(26)28-6-2)14(3)24-16-8-7-9-17(25)22(16)21/h10-11,13,21,24H,5-9,12H2,1-4H3/t21-/m1/s1.